The Bertz CT molecular complexity index is 225. The average Bonchev–Trinajstić information content (AvgIpc) is 2.13. The van der Waals surface area contributed by atoms with Crippen LogP contribution in [0.5, 0.6) is 0 Å². The van der Waals surface area contributed by atoms with Crippen molar-refractivity contribution in [3.05, 3.63) is 12.2 Å². The summed E-state index contributed by atoms with van der Waals surface area (Å²) in [7, 11) is 0. The fraction of sp³-hybridized carbons (Fsp3) is 0.700. The summed E-state index contributed by atoms with van der Waals surface area (Å²) in [5.41, 5.74) is 0. The van der Waals surface area contributed by atoms with E-state index in [0.29, 0.717) is 6.42 Å². The second kappa shape index (κ2) is 3.92. The van der Waals surface area contributed by atoms with Crippen LogP contribution in [0.15, 0.2) is 12.2 Å². The van der Waals surface area contributed by atoms with Crippen molar-refractivity contribution in [1.82, 2.24) is 4.90 Å². The normalized spacial score (nSPS) is 31.8. The van der Waals surface area contributed by atoms with Gasteiger partial charge >= 0.3 is 0 Å². The summed E-state index contributed by atoms with van der Waals surface area (Å²) in [6, 6.07) is 0. The molecule has 0 aromatic carbocycles. The summed E-state index contributed by atoms with van der Waals surface area (Å²) < 4.78 is 5.56. The maximum Gasteiger partial charge on any atom is 0.229 e. The number of carbonyl (C=O) groups is 1. The van der Waals surface area contributed by atoms with Gasteiger partial charge in [-0.15, -0.1) is 0 Å². The van der Waals surface area contributed by atoms with Crippen molar-refractivity contribution >= 4 is 5.91 Å². The van der Waals surface area contributed by atoms with Gasteiger partial charge in [0.2, 0.25) is 5.91 Å². The second-order valence-electron chi connectivity index (χ2n) is 3.54. The third kappa shape index (κ3) is 1.91. The monoisotopic (exact) mass is 181 g/mol. The van der Waals surface area contributed by atoms with Crippen LogP contribution in [0.25, 0.3) is 0 Å². The van der Waals surface area contributed by atoms with Crippen LogP contribution in [0, 0.1) is 0 Å². The zero-order valence-electron chi connectivity index (χ0n) is 7.74. The molecule has 0 spiro atoms. The fourth-order valence-electron chi connectivity index (χ4n) is 1.68. The first-order valence-corrected chi connectivity index (χ1v) is 4.94. The number of β-lactam (4-membered cyclic amide) rings is 1. The Labute approximate surface area is 78.4 Å². The Morgan fingerprint density at radius 1 is 1.38 bits per heavy atom. The quantitative estimate of drug-likeness (QED) is 0.416. The highest BCUT2D eigenvalue weighted by atomic mass is 16.5. The summed E-state index contributed by atoms with van der Waals surface area (Å²) in [6.07, 6.45) is 8.27. The first-order valence-electron chi connectivity index (χ1n) is 4.94. The van der Waals surface area contributed by atoms with Gasteiger partial charge in [-0.1, -0.05) is 12.2 Å². The van der Waals surface area contributed by atoms with Crippen LogP contribution in [-0.2, 0) is 9.53 Å². The van der Waals surface area contributed by atoms with E-state index in [9.17, 15) is 4.79 Å². The first kappa shape index (κ1) is 8.75. The van der Waals surface area contributed by atoms with Crippen LogP contribution in [0.4, 0.5) is 0 Å². The van der Waals surface area contributed by atoms with E-state index >= 15 is 0 Å². The van der Waals surface area contributed by atoms with Crippen molar-refractivity contribution < 1.29 is 9.53 Å². The molecular weight excluding hydrogens is 166 g/mol. The summed E-state index contributed by atoms with van der Waals surface area (Å²) in [5, 5.41) is 0. The molecule has 1 amide bonds. The highest BCUT2D eigenvalue weighted by Gasteiger charge is 2.35. The molecule has 1 fully saturated rings. The zero-order chi connectivity index (χ0) is 9.10. The Balaban J connectivity index is 1.93. The molecule has 1 atom stereocenters. The predicted molar refractivity (Wildman–Crippen MR) is 49.1 cm³/mol. The highest BCUT2D eigenvalue weighted by Crippen LogP contribution is 2.21. The smallest absolute Gasteiger partial charge is 0.229 e. The molecule has 3 heteroatoms. The lowest BCUT2D eigenvalue weighted by Crippen LogP contribution is -2.54. The number of allylic oxidation sites excluding steroid dienone is 1. The van der Waals surface area contributed by atoms with Gasteiger partial charge in [0, 0.05) is 13.2 Å². The Kier molecular flexibility index (Phi) is 2.64. The third-order valence-electron chi connectivity index (χ3n) is 2.56. The Morgan fingerprint density at radius 2 is 2.31 bits per heavy atom. The number of nitrogens with zero attached hydrogens (tertiary/aromatic N) is 1. The van der Waals surface area contributed by atoms with E-state index in [-0.39, 0.29) is 12.1 Å². The molecule has 0 saturated carbocycles. The van der Waals surface area contributed by atoms with Crippen molar-refractivity contribution in [1.29, 1.82) is 0 Å². The molecule has 0 aromatic rings. The molecule has 13 heavy (non-hydrogen) atoms. The molecular formula is C10H15NO2. The number of carbonyl (C=O) groups excluding carboxylic acids is 1. The van der Waals surface area contributed by atoms with Gasteiger partial charge in [0.15, 0.2) is 0 Å². The topological polar surface area (TPSA) is 29.5 Å². The van der Waals surface area contributed by atoms with E-state index in [1.165, 1.54) is 6.42 Å². The van der Waals surface area contributed by atoms with Crippen molar-refractivity contribution in [2.75, 3.05) is 13.2 Å². The molecule has 72 valence electrons. The van der Waals surface area contributed by atoms with Gasteiger partial charge in [0.1, 0.15) is 6.23 Å². The molecule has 2 aliphatic rings. The summed E-state index contributed by atoms with van der Waals surface area (Å²) in [4.78, 5) is 12.9. The van der Waals surface area contributed by atoms with E-state index in [1.54, 1.807) is 4.90 Å². The largest absolute Gasteiger partial charge is 0.358 e. The molecule has 0 N–H and O–H groups in total. The number of hydrogen-bond acceptors (Lipinski definition) is 2. The van der Waals surface area contributed by atoms with Gasteiger partial charge in [-0.25, -0.2) is 0 Å². The lowest BCUT2D eigenvalue weighted by Gasteiger charge is -2.39. The van der Waals surface area contributed by atoms with E-state index < -0.39 is 0 Å². The summed E-state index contributed by atoms with van der Waals surface area (Å²) in [5.74, 6) is 0.218. The molecule has 3 nitrogen and oxygen atoms in total. The number of ether oxygens (including phenoxy) is 1. The van der Waals surface area contributed by atoms with E-state index in [2.05, 4.69) is 12.2 Å². The average molecular weight is 181 g/mol. The van der Waals surface area contributed by atoms with Crippen LogP contribution in [0.3, 0.4) is 0 Å². The molecule has 0 bridgehead atoms. The number of fused-ring (bicyclic) bond motifs is 1. The van der Waals surface area contributed by atoms with Crippen LogP contribution in [0.1, 0.15) is 25.7 Å². The Morgan fingerprint density at radius 3 is 3.15 bits per heavy atom. The number of amides is 1. The van der Waals surface area contributed by atoms with Crippen LogP contribution >= 0.6 is 0 Å². The summed E-state index contributed by atoms with van der Waals surface area (Å²) >= 11 is 0. The van der Waals surface area contributed by atoms with Crippen LogP contribution in [0.2, 0.25) is 0 Å². The summed E-state index contributed by atoms with van der Waals surface area (Å²) in [6.45, 7) is 1.52. The molecule has 2 rings (SSSR count). The van der Waals surface area contributed by atoms with Crippen LogP contribution in [-0.4, -0.2) is 30.2 Å². The Hall–Kier alpha value is -0.830. The maximum absolute atomic E-state index is 11.1. The van der Waals surface area contributed by atoms with Crippen molar-refractivity contribution in [2.45, 2.75) is 31.9 Å². The molecule has 1 unspecified atom stereocenters. The van der Waals surface area contributed by atoms with E-state index in [1.807, 2.05) is 0 Å². The van der Waals surface area contributed by atoms with Crippen molar-refractivity contribution in [3.63, 3.8) is 0 Å². The van der Waals surface area contributed by atoms with E-state index in [0.717, 1.165) is 26.0 Å². The van der Waals surface area contributed by atoms with Gasteiger partial charge < -0.3 is 9.64 Å². The van der Waals surface area contributed by atoms with Gasteiger partial charge in [0.05, 0.1) is 6.42 Å². The van der Waals surface area contributed by atoms with Gasteiger partial charge in [-0.05, 0) is 19.3 Å². The molecule has 1 saturated heterocycles. The molecule has 2 heterocycles. The van der Waals surface area contributed by atoms with Gasteiger partial charge in [-0.2, -0.15) is 0 Å². The van der Waals surface area contributed by atoms with E-state index in [4.69, 9.17) is 4.74 Å². The zero-order valence-corrected chi connectivity index (χ0v) is 7.74. The standard InChI is InChI=1S/C10H15NO2/c12-9-8-10-11(9)6-4-2-1-3-5-7-13-10/h2,4,10H,1,3,5-8H2/b4-2-. The minimum atomic E-state index is 0.0650. The SMILES string of the molecule is O=C1CC2OCCCC/C=C\CN12. The number of hydrogen-bond donors (Lipinski definition) is 0. The fourth-order valence-corrected chi connectivity index (χ4v) is 1.68. The highest BCUT2D eigenvalue weighted by molar-refractivity contribution is 5.82. The molecule has 0 aliphatic carbocycles. The van der Waals surface area contributed by atoms with Crippen LogP contribution < -0.4 is 0 Å². The number of rotatable bonds is 0. The van der Waals surface area contributed by atoms with Gasteiger partial charge in [-0.3, -0.25) is 4.79 Å². The molecule has 2 aliphatic heterocycles. The minimum absolute atomic E-state index is 0.0650. The molecule has 0 aromatic heterocycles. The second-order valence-corrected chi connectivity index (χ2v) is 3.54. The van der Waals surface area contributed by atoms with Gasteiger partial charge in [0.25, 0.3) is 0 Å². The third-order valence-corrected chi connectivity index (χ3v) is 2.56. The first-order chi connectivity index (χ1) is 6.38. The predicted octanol–water partition coefficient (Wildman–Crippen LogP) is 1.30. The van der Waals surface area contributed by atoms with Crippen molar-refractivity contribution in [3.8, 4) is 0 Å². The molecule has 0 radical (unpaired) electrons. The minimum Gasteiger partial charge on any atom is -0.358 e. The lowest BCUT2D eigenvalue weighted by atomic mass is 10.1. The van der Waals surface area contributed by atoms with Crippen molar-refractivity contribution in [2.24, 2.45) is 0 Å². The maximum atomic E-state index is 11.1. The lowest BCUT2D eigenvalue weighted by molar-refractivity contribution is -0.172.